The summed E-state index contributed by atoms with van der Waals surface area (Å²) in [7, 11) is -3.56. The van der Waals surface area contributed by atoms with Crippen molar-refractivity contribution in [2.45, 2.75) is 17.4 Å². The van der Waals surface area contributed by atoms with Gasteiger partial charge in [-0.15, -0.1) is 0 Å². The van der Waals surface area contributed by atoms with Gasteiger partial charge in [-0.25, -0.2) is 22.8 Å². The topological polar surface area (TPSA) is 72.4 Å². The first-order valence-electron chi connectivity index (χ1n) is 6.85. The molecule has 0 amide bonds. The quantitative estimate of drug-likeness (QED) is 0.785. The van der Waals surface area contributed by atoms with Crippen molar-refractivity contribution in [3.8, 4) is 6.01 Å². The van der Waals surface area contributed by atoms with E-state index in [9.17, 15) is 12.8 Å². The molecule has 1 aromatic carbocycles. The van der Waals surface area contributed by atoms with E-state index in [-0.39, 0.29) is 23.6 Å². The van der Waals surface area contributed by atoms with E-state index >= 15 is 0 Å². The minimum atomic E-state index is -3.56. The normalized spacial score (nSPS) is 19.0. The van der Waals surface area contributed by atoms with Gasteiger partial charge in [0.05, 0.1) is 23.8 Å². The van der Waals surface area contributed by atoms with Crippen LogP contribution in [-0.4, -0.2) is 41.9 Å². The minimum Gasteiger partial charge on any atom is -0.459 e. The maximum Gasteiger partial charge on any atom is 0.316 e. The highest BCUT2D eigenvalue weighted by molar-refractivity contribution is 9.10. The lowest BCUT2D eigenvalue weighted by molar-refractivity contribution is 0.197. The van der Waals surface area contributed by atoms with Crippen LogP contribution in [-0.2, 0) is 10.0 Å². The van der Waals surface area contributed by atoms with Gasteiger partial charge in [-0.3, -0.25) is 0 Å². The molecule has 3 rings (SSSR count). The van der Waals surface area contributed by atoms with E-state index < -0.39 is 15.8 Å². The van der Waals surface area contributed by atoms with E-state index in [2.05, 4.69) is 25.9 Å². The number of halogens is 2. The van der Waals surface area contributed by atoms with Crippen molar-refractivity contribution in [1.82, 2.24) is 14.3 Å². The molecule has 0 aliphatic carbocycles. The highest BCUT2D eigenvalue weighted by atomic mass is 79.9. The Kier molecular flexibility index (Phi) is 4.60. The van der Waals surface area contributed by atoms with E-state index in [0.29, 0.717) is 13.0 Å². The van der Waals surface area contributed by atoms with Gasteiger partial charge in [0, 0.05) is 11.0 Å². The second-order valence-electron chi connectivity index (χ2n) is 5.03. The summed E-state index contributed by atoms with van der Waals surface area (Å²) in [6.07, 6.45) is 2.18. The molecule has 1 aliphatic rings. The van der Waals surface area contributed by atoms with Gasteiger partial charge in [0.2, 0.25) is 10.0 Å². The predicted octanol–water partition coefficient (Wildman–Crippen LogP) is 2.22. The van der Waals surface area contributed by atoms with Gasteiger partial charge in [0.1, 0.15) is 6.10 Å². The monoisotopic (exact) mass is 401 g/mol. The Balaban J connectivity index is 1.69. The molecule has 0 radical (unpaired) electrons. The van der Waals surface area contributed by atoms with Gasteiger partial charge >= 0.3 is 6.01 Å². The van der Waals surface area contributed by atoms with Gasteiger partial charge in [0.15, 0.2) is 5.82 Å². The Morgan fingerprint density at radius 1 is 1.22 bits per heavy atom. The number of aromatic nitrogens is 2. The summed E-state index contributed by atoms with van der Waals surface area (Å²) in [5.74, 6) is -0.553. The molecule has 1 aromatic heterocycles. The molecule has 9 heteroatoms. The first-order chi connectivity index (χ1) is 10.9. The van der Waals surface area contributed by atoms with Crippen LogP contribution in [0.4, 0.5) is 4.39 Å². The van der Waals surface area contributed by atoms with E-state index in [4.69, 9.17) is 4.74 Å². The summed E-state index contributed by atoms with van der Waals surface area (Å²) in [5.41, 5.74) is 0. The summed E-state index contributed by atoms with van der Waals surface area (Å²) < 4.78 is 45.6. The van der Waals surface area contributed by atoms with Crippen molar-refractivity contribution in [3.63, 3.8) is 0 Å². The van der Waals surface area contributed by atoms with Crippen LogP contribution in [0.25, 0.3) is 0 Å². The van der Waals surface area contributed by atoms with Crippen LogP contribution in [0, 0.1) is 5.82 Å². The molecular formula is C14H13BrFN3O3S. The number of ether oxygens (including phenoxy) is 1. The fraction of sp³-hybridized carbons (Fsp3) is 0.286. The van der Waals surface area contributed by atoms with Crippen LogP contribution in [0.1, 0.15) is 6.42 Å². The van der Waals surface area contributed by atoms with Crippen LogP contribution < -0.4 is 4.74 Å². The number of hydrogen-bond acceptors (Lipinski definition) is 5. The summed E-state index contributed by atoms with van der Waals surface area (Å²) in [6.45, 7) is 0.559. The third-order valence-electron chi connectivity index (χ3n) is 3.43. The van der Waals surface area contributed by atoms with Crippen molar-refractivity contribution in [2.24, 2.45) is 0 Å². The zero-order valence-electron chi connectivity index (χ0n) is 11.9. The number of benzene rings is 1. The molecule has 122 valence electrons. The molecule has 0 N–H and O–H groups in total. The standard InChI is InChI=1S/C14H13BrFN3O3S/c15-10-1-3-13(4-2-10)23(20,21)19-6-5-12(9-19)22-14-17-7-11(16)8-18-14/h1-4,7-8,12H,5-6,9H2/t12-/m0/s1. The van der Waals surface area contributed by atoms with Crippen LogP contribution >= 0.6 is 15.9 Å². The third kappa shape index (κ3) is 3.67. The Morgan fingerprint density at radius 3 is 2.52 bits per heavy atom. The van der Waals surface area contributed by atoms with Gasteiger partial charge in [-0.05, 0) is 30.7 Å². The highest BCUT2D eigenvalue weighted by Gasteiger charge is 2.34. The smallest absolute Gasteiger partial charge is 0.316 e. The largest absolute Gasteiger partial charge is 0.459 e. The van der Waals surface area contributed by atoms with E-state index in [0.717, 1.165) is 16.9 Å². The SMILES string of the molecule is O=S(=O)(c1ccc(Br)cc1)N1CC[C@H](Oc2ncc(F)cn2)C1. The van der Waals surface area contributed by atoms with Crippen LogP contribution in [0.5, 0.6) is 6.01 Å². The van der Waals surface area contributed by atoms with E-state index in [1.165, 1.54) is 4.31 Å². The zero-order valence-corrected chi connectivity index (χ0v) is 14.3. The number of sulfonamides is 1. The van der Waals surface area contributed by atoms with Gasteiger partial charge in [-0.1, -0.05) is 15.9 Å². The average molecular weight is 402 g/mol. The fourth-order valence-corrected chi connectivity index (χ4v) is 4.03. The maximum absolute atomic E-state index is 12.8. The Hall–Kier alpha value is -1.58. The Bertz CT molecular complexity index is 784. The van der Waals surface area contributed by atoms with Gasteiger partial charge in [0.25, 0.3) is 0 Å². The van der Waals surface area contributed by atoms with Crippen LogP contribution in [0.3, 0.4) is 0 Å². The molecule has 2 aromatic rings. The molecule has 0 spiro atoms. The van der Waals surface area contributed by atoms with Gasteiger partial charge in [-0.2, -0.15) is 4.31 Å². The second kappa shape index (κ2) is 6.50. The van der Waals surface area contributed by atoms with Crippen LogP contribution in [0.15, 0.2) is 46.0 Å². The van der Waals surface area contributed by atoms with E-state index in [1.807, 2.05) is 0 Å². The lowest BCUT2D eigenvalue weighted by Gasteiger charge is -2.16. The average Bonchev–Trinajstić information content (AvgIpc) is 2.99. The fourth-order valence-electron chi connectivity index (χ4n) is 2.28. The number of hydrogen-bond donors (Lipinski definition) is 0. The first kappa shape index (κ1) is 16.3. The molecular weight excluding hydrogens is 389 g/mol. The molecule has 1 atom stereocenters. The Labute approximate surface area is 141 Å². The third-order valence-corrected chi connectivity index (χ3v) is 5.84. The van der Waals surface area contributed by atoms with Crippen molar-refractivity contribution in [3.05, 3.63) is 46.9 Å². The summed E-state index contributed by atoms with van der Waals surface area (Å²) >= 11 is 3.28. The number of nitrogens with zero attached hydrogens (tertiary/aromatic N) is 3. The van der Waals surface area contributed by atoms with Crippen molar-refractivity contribution in [2.75, 3.05) is 13.1 Å². The molecule has 1 saturated heterocycles. The molecule has 1 fully saturated rings. The van der Waals surface area contributed by atoms with E-state index in [1.54, 1.807) is 24.3 Å². The summed E-state index contributed by atoms with van der Waals surface area (Å²) in [4.78, 5) is 7.67. The molecule has 23 heavy (non-hydrogen) atoms. The highest BCUT2D eigenvalue weighted by Crippen LogP contribution is 2.24. The molecule has 0 saturated carbocycles. The lowest BCUT2D eigenvalue weighted by Crippen LogP contribution is -2.31. The predicted molar refractivity (Wildman–Crippen MR) is 83.9 cm³/mol. The second-order valence-corrected chi connectivity index (χ2v) is 7.88. The molecule has 2 heterocycles. The Morgan fingerprint density at radius 2 is 1.87 bits per heavy atom. The first-order valence-corrected chi connectivity index (χ1v) is 9.08. The van der Waals surface area contributed by atoms with Gasteiger partial charge < -0.3 is 4.74 Å². The minimum absolute atomic E-state index is 0.0410. The van der Waals surface area contributed by atoms with Crippen LogP contribution in [0.2, 0.25) is 0 Å². The maximum atomic E-state index is 12.8. The van der Waals surface area contributed by atoms with Crippen molar-refractivity contribution < 1.29 is 17.5 Å². The number of rotatable bonds is 4. The van der Waals surface area contributed by atoms with Crippen molar-refractivity contribution in [1.29, 1.82) is 0 Å². The zero-order chi connectivity index (χ0) is 16.4. The molecule has 1 aliphatic heterocycles. The summed E-state index contributed by atoms with van der Waals surface area (Å²) in [5, 5.41) is 0. The molecule has 6 nitrogen and oxygen atoms in total. The van der Waals surface area contributed by atoms with Crippen molar-refractivity contribution >= 4 is 26.0 Å². The molecule has 0 unspecified atom stereocenters. The summed E-state index contributed by atoms with van der Waals surface area (Å²) in [6, 6.07) is 6.51. The molecule has 0 bridgehead atoms. The lowest BCUT2D eigenvalue weighted by atomic mass is 10.3.